The Kier molecular flexibility index (Phi) is 7.67. The van der Waals surface area contributed by atoms with Crippen molar-refractivity contribution >= 4 is 23.3 Å². The molecule has 0 aliphatic heterocycles. The Bertz CT molecular complexity index is 990. The van der Waals surface area contributed by atoms with Crippen LogP contribution in [-0.4, -0.2) is 41.8 Å². The van der Waals surface area contributed by atoms with Crippen LogP contribution in [-0.2, 0) is 23.9 Å². The lowest BCUT2D eigenvalue weighted by Gasteiger charge is -2.58. The van der Waals surface area contributed by atoms with E-state index in [4.69, 9.17) is 4.74 Å². The number of rotatable bonds is 8. The number of ether oxygens (including phenoxy) is 1. The number of carbonyl (C=O) groups excluding carboxylic acids is 4. The van der Waals surface area contributed by atoms with Crippen LogP contribution in [0.2, 0.25) is 0 Å². The first-order chi connectivity index (χ1) is 17.5. The highest BCUT2D eigenvalue weighted by Crippen LogP contribution is 2.66. The van der Waals surface area contributed by atoms with Crippen LogP contribution in [0, 0.1) is 46.3 Å². The summed E-state index contributed by atoms with van der Waals surface area (Å²) in [7, 11) is 0. The summed E-state index contributed by atoms with van der Waals surface area (Å²) in [5.74, 6) is -8.97. The average molecular weight is 545 g/mol. The van der Waals surface area contributed by atoms with E-state index in [1.165, 1.54) is 0 Å². The molecule has 214 valence electrons. The van der Waals surface area contributed by atoms with E-state index in [2.05, 4.69) is 6.92 Å². The van der Waals surface area contributed by atoms with E-state index in [1.807, 2.05) is 13.8 Å². The van der Waals surface area contributed by atoms with Gasteiger partial charge in [-0.05, 0) is 60.7 Å². The topological polar surface area (TPSA) is 77.5 Å². The molecule has 0 aromatic heterocycles. The molecule has 0 radical (unpaired) electrons. The predicted octanol–water partition coefficient (Wildman–Crippen LogP) is 6.21. The molecule has 38 heavy (non-hydrogen) atoms. The van der Waals surface area contributed by atoms with Gasteiger partial charge in [0, 0.05) is 50.4 Å². The summed E-state index contributed by atoms with van der Waals surface area (Å²) >= 11 is 0. The number of hydrogen-bond acceptors (Lipinski definition) is 5. The van der Waals surface area contributed by atoms with E-state index in [0.29, 0.717) is 32.1 Å². The molecule has 4 rings (SSSR count). The lowest BCUT2D eigenvalue weighted by molar-refractivity contribution is -0.206. The molecule has 0 spiro atoms. The van der Waals surface area contributed by atoms with Gasteiger partial charge in [-0.2, -0.15) is 8.78 Å². The van der Waals surface area contributed by atoms with Crippen molar-refractivity contribution in [1.29, 1.82) is 0 Å². The zero-order chi connectivity index (χ0) is 28.3. The van der Waals surface area contributed by atoms with Crippen molar-refractivity contribution in [1.82, 2.24) is 0 Å². The maximum atomic E-state index is 13.8. The highest BCUT2D eigenvalue weighted by molar-refractivity contribution is 5.93. The number of Topliss-reactive ketones (excluding diaryl/α,β-unsaturated/α-hetero) is 3. The molecule has 0 amide bonds. The van der Waals surface area contributed by atoms with Crippen molar-refractivity contribution in [2.45, 2.75) is 104 Å². The van der Waals surface area contributed by atoms with Gasteiger partial charge in [0.2, 0.25) is 0 Å². The first-order valence-corrected chi connectivity index (χ1v) is 14.0. The highest BCUT2D eigenvalue weighted by Gasteiger charge is 2.66. The van der Waals surface area contributed by atoms with Crippen LogP contribution >= 0.6 is 0 Å². The van der Waals surface area contributed by atoms with Gasteiger partial charge in [0.25, 0.3) is 0 Å². The number of carbonyl (C=O) groups is 4. The van der Waals surface area contributed by atoms with E-state index in [0.717, 1.165) is 19.3 Å². The smallest absolute Gasteiger partial charge is 0.313 e. The van der Waals surface area contributed by atoms with Crippen LogP contribution in [0.15, 0.2) is 0 Å². The molecular weight excluding hydrogens is 504 g/mol. The standard InChI is InChI=1S/C29H40F4O5/c1-16(5-8-24(37)38-12-11-29(32,33)28(4,30)31)19-6-7-20-25-21(15-23(36)27(19,20)3)26(2)10-9-18(34)13-17(26)14-22(25)35/h16-17,19-21,25H,5-15H2,1-4H3/t16-,17?,19-,20+,21+,25+,26+,27-/m1/s1. The van der Waals surface area contributed by atoms with Crippen LogP contribution < -0.4 is 0 Å². The number of ketones is 3. The summed E-state index contributed by atoms with van der Waals surface area (Å²) in [6, 6.07) is 0. The predicted molar refractivity (Wildman–Crippen MR) is 131 cm³/mol. The second-order valence-corrected chi connectivity index (χ2v) is 13.0. The first-order valence-electron chi connectivity index (χ1n) is 14.0. The molecule has 8 atom stereocenters. The van der Waals surface area contributed by atoms with Gasteiger partial charge in [0.05, 0.1) is 13.0 Å². The fourth-order valence-electron chi connectivity index (χ4n) is 8.52. The Labute approximate surface area is 221 Å². The van der Waals surface area contributed by atoms with Gasteiger partial charge in [-0.15, -0.1) is 0 Å². The van der Waals surface area contributed by atoms with Gasteiger partial charge in [0.1, 0.15) is 17.3 Å². The largest absolute Gasteiger partial charge is 0.465 e. The monoisotopic (exact) mass is 544 g/mol. The van der Waals surface area contributed by atoms with Crippen LogP contribution in [0.5, 0.6) is 0 Å². The Hall–Kier alpha value is -1.80. The third-order valence-corrected chi connectivity index (χ3v) is 11.0. The molecule has 5 nitrogen and oxygen atoms in total. The van der Waals surface area contributed by atoms with E-state index >= 15 is 0 Å². The van der Waals surface area contributed by atoms with Crippen LogP contribution in [0.25, 0.3) is 0 Å². The van der Waals surface area contributed by atoms with Gasteiger partial charge < -0.3 is 4.74 Å². The molecule has 4 saturated carbocycles. The second kappa shape index (κ2) is 9.99. The normalized spacial score (nSPS) is 38.3. The molecule has 0 aromatic carbocycles. The number of fused-ring (bicyclic) bond motifs is 5. The third-order valence-electron chi connectivity index (χ3n) is 11.0. The van der Waals surface area contributed by atoms with Crippen LogP contribution in [0.1, 0.15) is 91.9 Å². The van der Waals surface area contributed by atoms with E-state index in [-0.39, 0.29) is 71.6 Å². The van der Waals surface area contributed by atoms with Crippen molar-refractivity contribution in [3.05, 3.63) is 0 Å². The maximum absolute atomic E-state index is 13.8. The fraction of sp³-hybridized carbons (Fsp3) is 0.862. The second-order valence-electron chi connectivity index (χ2n) is 13.0. The summed E-state index contributed by atoms with van der Waals surface area (Å²) in [6.07, 6.45) is 2.99. The lowest BCUT2D eigenvalue weighted by Crippen LogP contribution is -2.60. The average Bonchev–Trinajstić information content (AvgIpc) is 3.17. The zero-order valence-corrected chi connectivity index (χ0v) is 22.8. The molecule has 4 aliphatic rings. The van der Waals surface area contributed by atoms with E-state index < -0.39 is 36.3 Å². The van der Waals surface area contributed by atoms with E-state index in [9.17, 15) is 36.7 Å². The van der Waals surface area contributed by atoms with Crippen molar-refractivity contribution < 1.29 is 41.5 Å². The highest BCUT2D eigenvalue weighted by atomic mass is 19.3. The molecule has 4 fully saturated rings. The Balaban J connectivity index is 1.39. The van der Waals surface area contributed by atoms with E-state index in [1.54, 1.807) is 0 Å². The maximum Gasteiger partial charge on any atom is 0.313 e. The molecule has 0 N–H and O–H groups in total. The molecule has 0 aromatic rings. The SMILES string of the molecule is C[C@H](CCC(=O)OCCC(F)(F)C(C)(F)F)[C@H]1CC[C@H]2[C@@H]3C(=O)CC4CC(=O)CC[C@]4(C)[C@H]3CC(=O)[C@]12C. The molecule has 0 bridgehead atoms. The molecule has 1 unspecified atom stereocenters. The number of halogens is 4. The van der Waals surface area contributed by atoms with Crippen LogP contribution in [0.4, 0.5) is 17.6 Å². The van der Waals surface area contributed by atoms with Crippen molar-refractivity contribution in [3.8, 4) is 0 Å². The molecule has 9 heteroatoms. The van der Waals surface area contributed by atoms with Gasteiger partial charge in [-0.25, -0.2) is 8.78 Å². The van der Waals surface area contributed by atoms with Crippen molar-refractivity contribution in [2.24, 2.45) is 46.3 Å². The summed E-state index contributed by atoms with van der Waals surface area (Å²) in [5.41, 5.74) is -0.863. The fourth-order valence-corrected chi connectivity index (χ4v) is 8.52. The summed E-state index contributed by atoms with van der Waals surface area (Å²) in [4.78, 5) is 51.5. The number of esters is 1. The minimum Gasteiger partial charge on any atom is -0.465 e. The van der Waals surface area contributed by atoms with Gasteiger partial charge >= 0.3 is 17.8 Å². The number of hydrogen-bond donors (Lipinski definition) is 0. The van der Waals surface area contributed by atoms with Crippen molar-refractivity contribution in [3.63, 3.8) is 0 Å². The van der Waals surface area contributed by atoms with Gasteiger partial charge in [0.15, 0.2) is 0 Å². The lowest BCUT2D eigenvalue weighted by atomic mass is 9.44. The van der Waals surface area contributed by atoms with Gasteiger partial charge in [-0.1, -0.05) is 20.8 Å². The first kappa shape index (κ1) is 29.2. The molecule has 0 saturated heterocycles. The summed E-state index contributed by atoms with van der Waals surface area (Å²) in [6.45, 7) is 5.45. The zero-order valence-electron chi connectivity index (χ0n) is 22.8. The summed E-state index contributed by atoms with van der Waals surface area (Å²) < 4.78 is 57.5. The Morgan fingerprint density at radius 3 is 2.39 bits per heavy atom. The Morgan fingerprint density at radius 1 is 1.05 bits per heavy atom. The minimum atomic E-state index is -4.26. The van der Waals surface area contributed by atoms with Crippen LogP contribution in [0.3, 0.4) is 0 Å². The molecule has 0 heterocycles. The van der Waals surface area contributed by atoms with Gasteiger partial charge in [-0.3, -0.25) is 19.2 Å². The summed E-state index contributed by atoms with van der Waals surface area (Å²) in [5, 5.41) is 0. The molecule has 4 aliphatic carbocycles. The van der Waals surface area contributed by atoms with Crippen molar-refractivity contribution in [2.75, 3.05) is 6.61 Å². The third kappa shape index (κ3) is 4.85. The molecular formula is C29H40F4O5. The minimum absolute atomic E-state index is 0.0142. The quantitative estimate of drug-likeness (QED) is 0.268. The number of alkyl halides is 4. The Morgan fingerprint density at radius 2 is 1.74 bits per heavy atom.